The number of hydrogen-bond acceptors (Lipinski definition) is 6. The van der Waals surface area contributed by atoms with E-state index in [1.165, 1.54) is 49.5 Å². The monoisotopic (exact) mass is 611 g/mol. The molecule has 1 N–H and O–H groups in total. The molecule has 230 valence electrons. The standard InChI is InChI=1S/C32H38FN3O6S/c1-23(32(38)34-26-12-8-5-9-13-26)35(21-24-10-6-4-7-11-24)31(37)22-36(27-16-14-25(33)15-17-27)43(39,40)28-18-19-29(41-2)30(20-28)42-3/h4,6-7,10-11,14-20,23,26H,5,8-9,12-13,21-22H2,1-3H3,(H,34,38). The Morgan fingerprint density at radius 1 is 0.930 bits per heavy atom. The van der Waals surface area contributed by atoms with E-state index in [4.69, 9.17) is 9.47 Å². The van der Waals surface area contributed by atoms with Gasteiger partial charge in [0.2, 0.25) is 11.8 Å². The molecule has 2 amide bonds. The first-order valence-corrected chi connectivity index (χ1v) is 15.7. The van der Waals surface area contributed by atoms with Crippen LogP contribution in [0.1, 0.15) is 44.6 Å². The number of carbonyl (C=O) groups excluding carboxylic acids is 2. The Kier molecular flexibility index (Phi) is 10.6. The van der Waals surface area contributed by atoms with Crippen LogP contribution < -0.4 is 19.1 Å². The third-order valence-corrected chi connectivity index (χ3v) is 9.42. The molecule has 1 aliphatic carbocycles. The summed E-state index contributed by atoms with van der Waals surface area (Å²) in [6.07, 6.45) is 4.97. The lowest BCUT2D eigenvalue weighted by Crippen LogP contribution is -2.53. The maximum atomic E-state index is 14.1. The van der Waals surface area contributed by atoms with Crippen LogP contribution in [-0.4, -0.2) is 58.0 Å². The van der Waals surface area contributed by atoms with Gasteiger partial charge in [-0.15, -0.1) is 0 Å². The van der Waals surface area contributed by atoms with E-state index >= 15 is 0 Å². The number of anilines is 1. The molecule has 0 spiro atoms. The largest absolute Gasteiger partial charge is 0.493 e. The van der Waals surface area contributed by atoms with Crippen LogP contribution in [0.15, 0.2) is 77.7 Å². The number of sulfonamides is 1. The number of carbonyl (C=O) groups is 2. The summed E-state index contributed by atoms with van der Waals surface area (Å²) in [6.45, 7) is 1.10. The van der Waals surface area contributed by atoms with Gasteiger partial charge in [-0.1, -0.05) is 49.6 Å². The van der Waals surface area contributed by atoms with Crippen molar-refractivity contribution >= 4 is 27.5 Å². The molecule has 9 nitrogen and oxygen atoms in total. The summed E-state index contributed by atoms with van der Waals surface area (Å²) >= 11 is 0. The minimum absolute atomic E-state index is 0.0403. The fourth-order valence-electron chi connectivity index (χ4n) is 5.17. The van der Waals surface area contributed by atoms with Crippen LogP contribution >= 0.6 is 0 Å². The molecule has 0 heterocycles. The third-order valence-electron chi connectivity index (χ3n) is 7.65. The van der Waals surface area contributed by atoms with Gasteiger partial charge in [-0.25, -0.2) is 12.8 Å². The smallest absolute Gasteiger partial charge is 0.264 e. The second-order valence-electron chi connectivity index (χ2n) is 10.5. The van der Waals surface area contributed by atoms with E-state index in [2.05, 4.69) is 5.32 Å². The average Bonchev–Trinajstić information content (AvgIpc) is 3.03. The first-order valence-electron chi connectivity index (χ1n) is 14.3. The Bertz CT molecular complexity index is 1500. The summed E-state index contributed by atoms with van der Waals surface area (Å²) in [5, 5.41) is 3.08. The highest BCUT2D eigenvalue weighted by Gasteiger charge is 2.33. The summed E-state index contributed by atoms with van der Waals surface area (Å²) < 4.78 is 53.4. The van der Waals surface area contributed by atoms with E-state index in [9.17, 15) is 22.4 Å². The van der Waals surface area contributed by atoms with Crippen molar-refractivity contribution < 1.29 is 31.9 Å². The SMILES string of the molecule is COc1ccc(S(=O)(=O)N(CC(=O)N(Cc2ccccc2)C(C)C(=O)NC2CCCCC2)c2ccc(F)cc2)cc1OC. The van der Waals surface area contributed by atoms with Gasteiger partial charge in [-0.3, -0.25) is 13.9 Å². The average molecular weight is 612 g/mol. The minimum atomic E-state index is -4.37. The number of amides is 2. The zero-order chi connectivity index (χ0) is 31.0. The Morgan fingerprint density at radius 2 is 1.58 bits per heavy atom. The number of ether oxygens (including phenoxy) is 2. The van der Waals surface area contributed by atoms with Gasteiger partial charge in [0.1, 0.15) is 18.4 Å². The highest BCUT2D eigenvalue weighted by atomic mass is 32.2. The Balaban J connectivity index is 1.69. The molecule has 0 aliphatic heterocycles. The summed E-state index contributed by atoms with van der Waals surface area (Å²) in [6, 6.07) is 17.3. The highest BCUT2D eigenvalue weighted by molar-refractivity contribution is 7.92. The normalized spacial score (nSPS) is 14.4. The Labute approximate surface area is 252 Å². The van der Waals surface area contributed by atoms with E-state index in [0.717, 1.165) is 54.1 Å². The fourth-order valence-corrected chi connectivity index (χ4v) is 6.60. The molecule has 3 aromatic rings. The summed E-state index contributed by atoms with van der Waals surface area (Å²) in [5.74, 6) is -0.932. The van der Waals surface area contributed by atoms with Gasteiger partial charge < -0.3 is 19.7 Å². The first-order chi connectivity index (χ1) is 20.6. The number of nitrogens with one attached hydrogen (secondary N) is 1. The second-order valence-corrected chi connectivity index (χ2v) is 12.4. The summed E-state index contributed by atoms with van der Waals surface area (Å²) in [5.41, 5.74) is 0.868. The molecule has 43 heavy (non-hydrogen) atoms. The minimum Gasteiger partial charge on any atom is -0.493 e. The molecule has 1 atom stereocenters. The molecule has 0 aromatic heterocycles. The summed E-state index contributed by atoms with van der Waals surface area (Å²) in [7, 11) is -1.55. The molecule has 0 saturated heterocycles. The lowest BCUT2D eigenvalue weighted by molar-refractivity contribution is -0.139. The van der Waals surface area contributed by atoms with Crippen LogP contribution in [0.4, 0.5) is 10.1 Å². The molecule has 1 saturated carbocycles. The summed E-state index contributed by atoms with van der Waals surface area (Å²) in [4.78, 5) is 28.7. The van der Waals surface area contributed by atoms with E-state index in [0.29, 0.717) is 5.75 Å². The number of hydrogen-bond donors (Lipinski definition) is 1. The second kappa shape index (κ2) is 14.4. The lowest BCUT2D eigenvalue weighted by atomic mass is 9.95. The van der Waals surface area contributed by atoms with E-state index in [1.54, 1.807) is 6.92 Å². The maximum absolute atomic E-state index is 14.1. The molecule has 1 fully saturated rings. The van der Waals surface area contributed by atoms with Crippen molar-refractivity contribution in [1.29, 1.82) is 0 Å². The predicted molar refractivity (Wildman–Crippen MR) is 162 cm³/mol. The Hall–Kier alpha value is -4.12. The van der Waals surface area contributed by atoms with E-state index in [-0.39, 0.29) is 34.8 Å². The van der Waals surface area contributed by atoms with Crippen molar-refractivity contribution in [2.45, 2.75) is 62.6 Å². The number of nitrogens with zero attached hydrogens (tertiary/aromatic N) is 2. The van der Waals surface area contributed by atoms with Crippen molar-refractivity contribution in [3.63, 3.8) is 0 Å². The van der Waals surface area contributed by atoms with Crippen LogP contribution in [0.2, 0.25) is 0 Å². The third kappa shape index (κ3) is 7.84. The fraction of sp³-hybridized carbons (Fsp3) is 0.375. The van der Waals surface area contributed by atoms with Crippen LogP contribution in [0.3, 0.4) is 0 Å². The number of benzene rings is 3. The van der Waals surface area contributed by atoms with Gasteiger partial charge in [-0.05, 0) is 61.7 Å². The molecule has 1 aliphatic rings. The molecular formula is C32H38FN3O6S. The molecule has 0 radical (unpaired) electrons. The van der Waals surface area contributed by atoms with E-state index < -0.39 is 34.3 Å². The van der Waals surface area contributed by atoms with Crippen molar-refractivity contribution in [1.82, 2.24) is 10.2 Å². The molecule has 4 rings (SSSR count). The van der Waals surface area contributed by atoms with Crippen LogP contribution in [-0.2, 0) is 26.2 Å². The van der Waals surface area contributed by atoms with Gasteiger partial charge in [0.25, 0.3) is 10.0 Å². The number of rotatable bonds is 12. The quantitative estimate of drug-likeness (QED) is 0.312. The number of methoxy groups -OCH3 is 2. The predicted octanol–water partition coefficient (Wildman–Crippen LogP) is 4.90. The molecule has 3 aromatic carbocycles. The van der Waals surface area contributed by atoms with Gasteiger partial charge in [0, 0.05) is 18.7 Å². The topological polar surface area (TPSA) is 105 Å². The van der Waals surface area contributed by atoms with Crippen molar-refractivity contribution in [2.24, 2.45) is 0 Å². The molecule has 0 bridgehead atoms. The molecule has 11 heteroatoms. The number of halogens is 1. The van der Waals surface area contributed by atoms with Gasteiger partial charge >= 0.3 is 0 Å². The van der Waals surface area contributed by atoms with Crippen molar-refractivity contribution in [3.05, 3.63) is 84.2 Å². The zero-order valence-electron chi connectivity index (χ0n) is 24.7. The van der Waals surface area contributed by atoms with Gasteiger partial charge in [0.15, 0.2) is 11.5 Å². The Morgan fingerprint density at radius 3 is 2.21 bits per heavy atom. The first kappa shape index (κ1) is 31.8. The molecule has 1 unspecified atom stereocenters. The van der Waals surface area contributed by atoms with Crippen LogP contribution in [0.5, 0.6) is 11.5 Å². The van der Waals surface area contributed by atoms with Gasteiger partial charge in [-0.2, -0.15) is 0 Å². The molecular weight excluding hydrogens is 573 g/mol. The van der Waals surface area contributed by atoms with Crippen molar-refractivity contribution in [3.8, 4) is 11.5 Å². The van der Waals surface area contributed by atoms with Crippen molar-refractivity contribution in [2.75, 3.05) is 25.1 Å². The van der Waals surface area contributed by atoms with Crippen LogP contribution in [0.25, 0.3) is 0 Å². The maximum Gasteiger partial charge on any atom is 0.264 e. The van der Waals surface area contributed by atoms with Crippen LogP contribution in [0, 0.1) is 5.82 Å². The highest BCUT2D eigenvalue weighted by Crippen LogP contribution is 2.32. The lowest BCUT2D eigenvalue weighted by Gasteiger charge is -2.33. The van der Waals surface area contributed by atoms with Gasteiger partial charge in [0.05, 0.1) is 24.8 Å². The zero-order valence-corrected chi connectivity index (χ0v) is 25.5. The van der Waals surface area contributed by atoms with E-state index in [1.807, 2.05) is 30.3 Å².